The summed E-state index contributed by atoms with van der Waals surface area (Å²) in [6.07, 6.45) is 5.14. The van der Waals surface area contributed by atoms with Gasteiger partial charge in [-0.05, 0) is 32.4 Å². The van der Waals surface area contributed by atoms with Crippen LogP contribution in [-0.4, -0.2) is 58.1 Å². The Morgan fingerprint density at radius 2 is 2.17 bits per heavy atom. The molecule has 0 radical (unpaired) electrons. The highest BCUT2D eigenvalue weighted by Gasteiger charge is 2.32. The Hall–Kier alpha value is -1.56. The van der Waals surface area contributed by atoms with Crippen LogP contribution in [0.5, 0.6) is 0 Å². The van der Waals surface area contributed by atoms with Crippen molar-refractivity contribution in [3.05, 3.63) is 11.9 Å². The van der Waals surface area contributed by atoms with Crippen molar-refractivity contribution in [2.75, 3.05) is 31.9 Å². The van der Waals surface area contributed by atoms with Gasteiger partial charge in [-0.1, -0.05) is 0 Å². The third-order valence-corrected chi connectivity index (χ3v) is 3.99. The molecule has 1 amide bonds. The minimum absolute atomic E-state index is 0.0216. The van der Waals surface area contributed by atoms with Gasteiger partial charge in [-0.3, -0.25) is 14.8 Å². The molecule has 98 valence electrons. The van der Waals surface area contributed by atoms with Gasteiger partial charge in [-0.25, -0.2) is 0 Å². The van der Waals surface area contributed by atoms with Crippen LogP contribution in [0.1, 0.15) is 29.8 Å². The van der Waals surface area contributed by atoms with Crippen LogP contribution in [0.4, 0.5) is 5.69 Å². The zero-order valence-electron chi connectivity index (χ0n) is 10.4. The number of aromatic nitrogens is 2. The van der Waals surface area contributed by atoms with E-state index in [2.05, 4.69) is 15.1 Å². The van der Waals surface area contributed by atoms with Gasteiger partial charge in [0.2, 0.25) is 0 Å². The lowest BCUT2D eigenvalue weighted by Gasteiger charge is -2.23. The Bertz CT molecular complexity index is 437. The summed E-state index contributed by atoms with van der Waals surface area (Å²) in [6.45, 7) is 3.99. The fraction of sp³-hybridized carbons (Fsp3) is 0.667. The summed E-state index contributed by atoms with van der Waals surface area (Å²) >= 11 is 0. The minimum atomic E-state index is -0.0216. The number of nitrogens with one attached hydrogen (secondary N) is 1. The third-order valence-electron chi connectivity index (χ3n) is 3.99. The lowest BCUT2D eigenvalue weighted by Crippen LogP contribution is -2.37. The highest BCUT2D eigenvalue weighted by atomic mass is 16.2. The molecular formula is C12H19N5O. The number of likely N-dealkylation sites (tertiary alicyclic amines) is 2. The summed E-state index contributed by atoms with van der Waals surface area (Å²) in [6, 6.07) is 0.528. The number of nitrogens with zero attached hydrogens (tertiary/aromatic N) is 3. The van der Waals surface area contributed by atoms with Crippen LogP contribution in [0, 0.1) is 0 Å². The Balaban J connectivity index is 1.65. The number of aromatic amines is 1. The molecule has 2 aliphatic heterocycles. The quantitative estimate of drug-likeness (QED) is 0.790. The van der Waals surface area contributed by atoms with Crippen LogP contribution < -0.4 is 5.73 Å². The molecular weight excluding hydrogens is 230 g/mol. The zero-order valence-corrected chi connectivity index (χ0v) is 10.4. The predicted octanol–water partition coefficient (Wildman–Crippen LogP) is 0.302. The Kier molecular flexibility index (Phi) is 2.95. The van der Waals surface area contributed by atoms with E-state index < -0.39 is 0 Å². The van der Waals surface area contributed by atoms with E-state index in [4.69, 9.17) is 5.73 Å². The normalized spacial score (nSPS) is 24.9. The summed E-state index contributed by atoms with van der Waals surface area (Å²) < 4.78 is 0. The largest absolute Gasteiger partial charge is 0.396 e. The van der Waals surface area contributed by atoms with Crippen LogP contribution in [0.25, 0.3) is 0 Å². The maximum atomic E-state index is 12.2. The average molecular weight is 249 g/mol. The molecule has 6 heteroatoms. The number of hydrogen-bond acceptors (Lipinski definition) is 4. The molecule has 1 unspecified atom stereocenters. The fourth-order valence-electron chi connectivity index (χ4n) is 2.96. The molecule has 6 nitrogen and oxygen atoms in total. The van der Waals surface area contributed by atoms with E-state index in [0.29, 0.717) is 17.4 Å². The molecule has 0 saturated carbocycles. The molecule has 3 heterocycles. The van der Waals surface area contributed by atoms with Gasteiger partial charge in [0.25, 0.3) is 5.91 Å². The molecule has 1 aromatic rings. The van der Waals surface area contributed by atoms with Crippen molar-refractivity contribution in [1.82, 2.24) is 20.0 Å². The molecule has 0 aliphatic carbocycles. The molecule has 3 rings (SSSR count). The molecule has 1 atom stereocenters. The van der Waals surface area contributed by atoms with Gasteiger partial charge >= 0.3 is 0 Å². The smallest absolute Gasteiger partial charge is 0.274 e. The van der Waals surface area contributed by atoms with Crippen molar-refractivity contribution in [3.63, 3.8) is 0 Å². The Morgan fingerprint density at radius 1 is 1.39 bits per heavy atom. The highest BCUT2D eigenvalue weighted by Crippen LogP contribution is 2.22. The lowest BCUT2D eigenvalue weighted by molar-refractivity contribution is 0.0775. The summed E-state index contributed by atoms with van der Waals surface area (Å²) in [5.41, 5.74) is 6.58. The first-order valence-corrected chi connectivity index (χ1v) is 6.58. The van der Waals surface area contributed by atoms with E-state index in [1.165, 1.54) is 32.1 Å². The van der Waals surface area contributed by atoms with Gasteiger partial charge in [0.15, 0.2) is 0 Å². The molecule has 0 aromatic carbocycles. The molecule has 18 heavy (non-hydrogen) atoms. The topological polar surface area (TPSA) is 78.2 Å². The Morgan fingerprint density at radius 3 is 2.83 bits per heavy atom. The zero-order chi connectivity index (χ0) is 12.5. The van der Waals surface area contributed by atoms with Crippen molar-refractivity contribution in [2.45, 2.75) is 25.3 Å². The van der Waals surface area contributed by atoms with Gasteiger partial charge in [-0.15, -0.1) is 0 Å². The van der Waals surface area contributed by atoms with Crippen LogP contribution in [0.15, 0.2) is 6.20 Å². The number of nitrogens with two attached hydrogens (primary N) is 1. The molecule has 2 aliphatic rings. The number of carbonyl (C=O) groups excluding carboxylic acids is 1. The number of H-pyrrole nitrogens is 1. The van der Waals surface area contributed by atoms with Gasteiger partial charge in [0.05, 0.1) is 11.9 Å². The van der Waals surface area contributed by atoms with Crippen LogP contribution >= 0.6 is 0 Å². The van der Waals surface area contributed by atoms with Crippen molar-refractivity contribution >= 4 is 11.6 Å². The van der Waals surface area contributed by atoms with Crippen LogP contribution in [0.3, 0.4) is 0 Å². The highest BCUT2D eigenvalue weighted by molar-refractivity contribution is 5.97. The maximum absolute atomic E-state index is 12.2. The number of rotatable bonds is 2. The molecule has 0 spiro atoms. The van der Waals surface area contributed by atoms with E-state index in [1.54, 1.807) is 0 Å². The van der Waals surface area contributed by atoms with Gasteiger partial charge in [-0.2, -0.15) is 5.10 Å². The first-order valence-electron chi connectivity index (χ1n) is 6.58. The van der Waals surface area contributed by atoms with Crippen molar-refractivity contribution < 1.29 is 4.79 Å². The average Bonchev–Trinajstić information content (AvgIpc) is 3.09. The summed E-state index contributed by atoms with van der Waals surface area (Å²) in [4.78, 5) is 16.6. The summed E-state index contributed by atoms with van der Waals surface area (Å²) in [5, 5.41) is 6.49. The number of hydrogen-bond donors (Lipinski definition) is 2. The number of anilines is 1. The molecule has 0 bridgehead atoms. The molecule has 2 saturated heterocycles. The first-order chi connectivity index (χ1) is 8.75. The van der Waals surface area contributed by atoms with Crippen molar-refractivity contribution in [3.8, 4) is 0 Å². The van der Waals surface area contributed by atoms with Crippen molar-refractivity contribution in [2.24, 2.45) is 0 Å². The van der Waals surface area contributed by atoms with E-state index in [1.807, 2.05) is 4.90 Å². The van der Waals surface area contributed by atoms with Crippen LogP contribution in [0.2, 0.25) is 0 Å². The summed E-state index contributed by atoms with van der Waals surface area (Å²) in [7, 11) is 0. The number of nitrogen functional groups attached to an aromatic ring is 1. The second-order valence-electron chi connectivity index (χ2n) is 5.14. The third kappa shape index (κ3) is 1.96. The standard InChI is InChI=1S/C12H19N5O/c13-10-7-14-15-11(10)12(18)17-6-3-9(8-17)16-4-1-2-5-16/h7,9H,1-6,8,13H2,(H,14,15). The van der Waals surface area contributed by atoms with Gasteiger partial charge in [0.1, 0.15) is 5.69 Å². The monoisotopic (exact) mass is 249 g/mol. The number of amides is 1. The lowest BCUT2D eigenvalue weighted by atomic mass is 10.2. The van der Waals surface area contributed by atoms with Crippen molar-refractivity contribution in [1.29, 1.82) is 0 Å². The Labute approximate surface area is 106 Å². The molecule has 3 N–H and O–H groups in total. The van der Waals surface area contributed by atoms with E-state index in [9.17, 15) is 4.79 Å². The van der Waals surface area contributed by atoms with Crippen LogP contribution in [-0.2, 0) is 0 Å². The second-order valence-corrected chi connectivity index (χ2v) is 5.14. The van der Waals surface area contributed by atoms with E-state index in [-0.39, 0.29) is 5.91 Å². The SMILES string of the molecule is Nc1cn[nH]c1C(=O)N1CCC(N2CCCC2)C1. The maximum Gasteiger partial charge on any atom is 0.274 e. The van der Waals surface area contributed by atoms with E-state index >= 15 is 0 Å². The molecule has 2 fully saturated rings. The first kappa shape index (κ1) is 11.5. The minimum Gasteiger partial charge on any atom is -0.396 e. The predicted molar refractivity (Wildman–Crippen MR) is 68.1 cm³/mol. The molecule has 1 aromatic heterocycles. The second kappa shape index (κ2) is 4.61. The number of carbonyl (C=O) groups is 1. The summed E-state index contributed by atoms with van der Waals surface area (Å²) in [5.74, 6) is -0.0216. The van der Waals surface area contributed by atoms with Gasteiger partial charge in [0, 0.05) is 19.1 Å². The van der Waals surface area contributed by atoms with E-state index in [0.717, 1.165) is 19.5 Å². The van der Waals surface area contributed by atoms with Gasteiger partial charge < -0.3 is 10.6 Å². The fourth-order valence-corrected chi connectivity index (χ4v) is 2.96.